The van der Waals surface area contributed by atoms with Crippen LogP contribution in [0.2, 0.25) is 0 Å². The Balaban J connectivity index is 1.35. The molecule has 3 fully saturated rings. The van der Waals surface area contributed by atoms with Gasteiger partial charge in [0.2, 0.25) is 0 Å². The minimum absolute atomic E-state index is 1.03. The van der Waals surface area contributed by atoms with Crippen LogP contribution in [0.3, 0.4) is 0 Å². The summed E-state index contributed by atoms with van der Waals surface area (Å²) in [5, 5.41) is 0. The average Bonchev–Trinajstić information content (AvgIpc) is 2.58. The monoisotopic (exact) mass is 306 g/mol. The molecule has 1 saturated carbocycles. The average molecular weight is 307 g/mol. The number of hydrogen-bond donors (Lipinski definition) is 0. The molecule has 2 saturated heterocycles. The summed E-state index contributed by atoms with van der Waals surface area (Å²) in [4.78, 5) is 5.49. The molecule has 128 valence electrons. The molecule has 0 aromatic carbocycles. The topological polar surface area (TPSA) is 6.48 Å². The first kappa shape index (κ1) is 16.8. The molecule has 2 aliphatic heterocycles. The summed E-state index contributed by atoms with van der Waals surface area (Å²) in [6.07, 6.45) is 14.8. The van der Waals surface area contributed by atoms with Crippen molar-refractivity contribution >= 4 is 0 Å². The maximum absolute atomic E-state index is 2.80. The minimum atomic E-state index is 1.03. The molecule has 1 aliphatic carbocycles. The van der Waals surface area contributed by atoms with Gasteiger partial charge in [0.05, 0.1) is 0 Å². The summed E-state index contributed by atoms with van der Waals surface area (Å²) in [6, 6.07) is 0. The van der Waals surface area contributed by atoms with Crippen LogP contribution in [0.15, 0.2) is 0 Å². The molecule has 2 heterocycles. The highest BCUT2D eigenvalue weighted by atomic mass is 15.1. The molecule has 0 bridgehead atoms. The normalized spacial score (nSPS) is 28.2. The SMILES string of the molecule is CCCN1CCC(C2CCN(CC3CCCCC3)CC2)CC1. The molecule has 0 amide bonds. The van der Waals surface area contributed by atoms with Gasteiger partial charge < -0.3 is 9.80 Å². The Kier molecular flexibility index (Phi) is 6.62. The van der Waals surface area contributed by atoms with Crippen LogP contribution in [-0.4, -0.2) is 49.1 Å². The molecule has 0 N–H and O–H groups in total. The number of piperidine rings is 2. The predicted octanol–water partition coefficient (Wildman–Crippen LogP) is 4.40. The molecule has 22 heavy (non-hydrogen) atoms. The Bertz CT molecular complexity index is 295. The summed E-state index contributed by atoms with van der Waals surface area (Å²) in [5.41, 5.74) is 0. The first-order valence-electron chi connectivity index (χ1n) is 10.3. The van der Waals surface area contributed by atoms with E-state index in [4.69, 9.17) is 0 Å². The maximum atomic E-state index is 2.80. The first-order chi connectivity index (χ1) is 10.8. The van der Waals surface area contributed by atoms with Crippen molar-refractivity contribution in [3.8, 4) is 0 Å². The van der Waals surface area contributed by atoms with Crippen molar-refractivity contribution < 1.29 is 0 Å². The summed E-state index contributed by atoms with van der Waals surface area (Å²) >= 11 is 0. The molecule has 3 rings (SSSR count). The molecule has 3 aliphatic rings. The molecule has 0 aromatic rings. The third kappa shape index (κ3) is 4.71. The maximum Gasteiger partial charge on any atom is 0.000966 e. The molecule has 2 heteroatoms. The van der Waals surface area contributed by atoms with Gasteiger partial charge in [0.25, 0.3) is 0 Å². The zero-order valence-electron chi connectivity index (χ0n) is 14.9. The van der Waals surface area contributed by atoms with E-state index in [9.17, 15) is 0 Å². The van der Waals surface area contributed by atoms with Crippen molar-refractivity contribution in [2.24, 2.45) is 17.8 Å². The van der Waals surface area contributed by atoms with Gasteiger partial charge in [-0.15, -0.1) is 0 Å². The van der Waals surface area contributed by atoms with E-state index in [1.165, 1.54) is 103 Å². The lowest BCUT2D eigenvalue weighted by Crippen LogP contribution is -2.42. The van der Waals surface area contributed by atoms with Gasteiger partial charge in [-0.2, -0.15) is 0 Å². The second-order valence-corrected chi connectivity index (χ2v) is 8.32. The fraction of sp³-hybridized carbons (Fsp3) is 1.00. The lowest BCUT2D eigenvalue weighted by Gasteiger charge is -2.41. The van der Waals surface area contributed by atoms with Crippen LogP contribution in [0.25, 0.3) is 0 Å². The van der Waals surface area contributed by atoms with Crippen LogP contribution >= 0.6 is 0 Å². The minimum Gasteiger partial charge on any atom is -0.303 e. The Morgan fingerprint density at radius 3 is 1.77 bits per heavy atom. The van der Waals surface area contributed by atoms with E-state index < -0.39 is 0 Å². The Morgan fingerprint density at radius 1 is 0.682 bits per heavy atom. The Morgan fingerprint density at radius 2 is 1.23 bits per heavy atom. The van der Waals surface area contributed by atoms with Crippen molar-refractivity contribution in [2.45, 2.75) is 71.1 Å². The number of nitrogens with zero attached hydrogens (tertiary/aromatic N) is 2. The van der Waals surface area contributed by atoms with Crippen molar-refractivity contribution in [3.63, 3.8) is 0 Å². The van der Waals surface area contributed by atoms with Crippen molar-refractivity contribution in [2.75, 3.05) is 39.3 Å². The second-order valence-electron chi connectivity index (χ2n) is 8.32. The highest BCUT2D eigenvalue weighted by Crippen LogP contribution is 2.33. The number of hydrogen-bond acceptors (Lipinski definition) is 2. The molecule has 0 radical (unpaired) electrons. The van der Waals surface area contributed by atoms with E-state index in [0.29, 0.717) is 0 Å². The Hall–Kier alpha value is -0.0800. The van der Waals surface area contributed by atoms with E-state index >= 15 is 0 Å². The molecule has 0 atom stereocenters. The first-order valence-corrected chi connectivity index (χ1v) is 10.3. The fourth-order valence-corrected chi connectivity index (χ4v) is 5.31. The van der Waals surface area contributed by atoms with Crippen LogP contribution in [0.1, 0.15) is 71.1 Å². The van der Waals surface area contributed by atoms with Crippen LogP contribution in [-0.2, 0) is 0 Å². The molecule has 0 aromatic heterocycles. The quantitative estimate of drug-likeness (QED) is 0.743. The van der Waals surface area contributed by atoms with E-state index in [2.05, 4.69) is 16.7 Å². The predicted molar refractivity (Wildman–Crippen MR) is 95.2 cm³/mol. The van der Waals surface area contributed by atoms with Gasteiger partial charge in [0.1, 0.15) is 0 Å². The van der Waals surface area contributed by atoms with Crippen LogP contribution in [0.4, 0.5) is 0 Å². The van der Waals surface area contributed by atoms with Gasteiger partial charge in [-0.1, -0.05) is 26.2 Å². The summed E-state index contributed by atoms with van der Waals surface area (Å²) in [5.74, 6) is 3.12. The molecule has 2 nitrogen and oxygen atoms in total. The molecule has 0 unspecified atom stereocenters. The van der Waals surface area contributed by atoms with Gasteiger partial charge in [-0.05, 0) is 95.4 Å². The second kappa shape index (κ2) is 8.68. The van der Waals surface area contributed by atoms with E-state index in [0.717, 1.165) is 17.8 Å². The molecular formula is C20H38N2. The lowest BCUT2D eigenvalue weighted by molar-refractivity contribution is 0.0857. The number of rotatable bonds is 5. The van der Waals surface area contributed by atoms with Crippen molar-refractivity contribution in [1.29, 1.82) is 0 Å². The summed E-state index contributed by atoms with van der Waals surface area (Å²) in [6.45, 7) is 10.6. The fourth-order valence-electron chi connectivity index (χ4n) is 5.31. The molecular weight excluding hydrogens is 268 g/mol. The highest BCUT2D eigenvalue weighted by Gasteiger charge is 2.30. The number of likely N-dealkylation sites (tertiary alicyclic amines) is 2. The van der Waals surface area contributed by atoms with Crippen LogP contribution < -0.4 is 0 Å². The lowest BCUT2D eigenvalue weighted by atomic mass is 9.78. The zero-order valence-corrected chi connectivity index (χ0v) is 14.9. The smallest absolute Gasteiger partial charge is 0.000966 e. The van der Waals surface area contributed by atoms with Gasteiger partial charge in [0.15, 0.2) is 0 Å². The van der Waals surface area contributed by atoms with Crippen molar-refractivity contribution in [1.82, 2.24) is 9.80 Å². The third-order valence-corrected chi connectivity index (χ3v) is 6.71. The zero-order chi connectivity index (χ0) is 15.2. The van der Waals surface area contributed by atoms with Gasteiger partial charge in [-0.3, -0.25) is 0 Å². The van der Waals surface area contributed by atoms with E-state index in [-0.39, 0.29) is 0 Å². The van der Waals surface area contributed by atoms with Gasteiger partial charge >= 0.3 is 0 Å². The molecule has 0 spiro atoms. The standard InChI is InChI=1S/C20H38N2/c1-2-12-21-13-8-19(9-14-21)20-10-15-22(16-11-20)17-18-6-4-3-5-7-18/h18-20H,2-17H2,1H3. The van der Waals surface area contributed by atoms with Gasteiger partial charge in [-0.25, -0.2) is 0 Å². The third-order valence-electron chi connectivity index (χ3n) is 6.71. The van der Waals surface area contributed by atoms with Crippen LogP contribution in [0.5, 0.6) is 0 Å². The Labute approximate surface area is 138 Å². The summed E-state index contributed by atoms with van der Waals surface area (Å²) in [7, 11) is 0. The highest BCUT2D eigenvalue weighted by molar-refractivity contribution is 4.83. The van der Waals surface area contributed by atoms with Crippen molar-refractivity contribution in [3.05, 3.63) is 0 Å². The van der Waals surface area contributed by atoms with Crippen LogP contribution in [0, 0.1) is 17.8 Å². The summed E-state index contributed by atoms with van der Waals surface area (Å²) < 4.78 is 0. The van der Waals surface area contributed by atoms with E-state index in [1.54, 1.807) is 0 Å². The van der Waals surface area contributed by atoms with E-state index in [1.807, 2.05) is 0 Å². The largest absolute Gasteiger partial charge is 0.303 e. The van der Waals surface area contributed by atoms with Gasteiger partial charge in [0, 0.05) is 6.54 Å².